The van der Waals surface area contributed by atoms with Gasteiger partial charge < -0.3 is 14.8 Å². The molecule has 0 aliphatic heterocycles. The van der Waals surface area contributed by atoms with Crippen LogP contribution in [0.4, 0.5) is 5.82 Å². The molecule has 7 heteroatoms. The van der Waals surface area contributed by atoms with Crippen molar-refractivity contribution >= 4 is 5.82 Å². The zero-order valence-corrected chi connectivity index (χ0v) is 8.73. The van der Waals surface area contributed by atoms with Gasteiger partial charge in [0.25, 0.3) is 5.56 Å². The molecule has 0 aliphatic carbocycles. The van der Waals surface area contributed by atoms with Crippen molar-refractivity contribution < 1.29 is 4.52 Å². The maximum Gasteiger partial charge on any atom is 0.252 e. The van der Waals surface area contributed by atoms with Crippen LogP contribution in [0.25, 0.3) is 0 Å². The zero-order valence-electron chi connectivity index (χ0n) is 8.73. The third kappa shape index (κ3) is 2.44. The maximum absolute atomic E-state index is 11.2. The first-order valence-electron chi connectivity index (χ1n) is 4.87. The first-order chi connectivity index (χ1) is 7.78. The summed E-state index contributed by atoms with van der Waals surface area (Å²) < 4.78 is 4.58. The Labute approximate surface area is 90.9 Å². The van der Waals surface area contributed by atoms with E-state index in [-0.39, 0.29) is 5.56 Å². The summed E-state index contributed by atoms with van der Waals surface area (Å²) in [6, 6.07) is 1.39. The molecule has 2 rings (SSSR count). The molecule has 2 aromatic heterocycles. The fraction of sp³-hybridized carbons (Fsp3) is 0.333. The molecule has 0 aliphatic rings. The molecule has 0 saturated heterocycles. The van der Waals surface area contributed by atoms with E-state index in [0.717, 1.165) is 0 Å². The lowest BCUT2D eigenvalue weighted by Crippen LogP contribution is -2.13. The molecule has 16 heavy (non-hydrogen) atoms. The summed E-state index contributed by atoms with van der Waals surface area (Å²) in [4.78, 5) is 21.9. The highest BCUT2D eigenvalue weighted by molar-refractivity contribution is 5.32. The van der Waals surface area contributed by atoms with Crippen molar-refractivity contribution in [3.63, 3.8) is 0 Å². The van der Waals surface area contributed by atoms with Gasteiger partial charge in [-0.15, -0.1) is 0 Å². The van der Waals surface area contributed by atoms with Gasteiger partial charge in [-0.05, 0) is 0 Å². The molecule has 0 amide bonds. The molecule has 2 aromatic rings. The second kappa shape index (κ2) is 4.56. The van der Waals surface area contributed by atoms with Crippen LogP contribution >= 0.6 is 0 Å². The van der Waals surface area contributed by atoms with E-state index in [1.54, 1.807) is 0 Å². The molecule has 2 heterocycles. The minimum Gasteiger partial charge on any atom is -0.362 e. The van der Waals surface area contributed by atoms with Gasteiger partial charge in [-0.3, -0.25) is 4.79 Å². The number of aromatic nitrogens is 4. The molecule has 0 aromatic carbocycles. The first-order valence-corrected chi connectivity index (χ1v) is 4.87. The molecule has 84 valence electrons. The van der Waals surface area contributed by atoms with E-state index < -0.39 is 0 Å². The fourth-order valence-corrected chi connectivity index (χ4v) is 1.21. The third-order valence-electron chi connectivity index (χ3n) is 1.96. The Kier molecular flexibility index (Phi) is 2.95. The Morgan fingerprint density at radius 3 is 3.12 bits per heavy atom. The Balaban J connectivity index is 2.09. The lowest BCUT2D eigenvalue weighted by atomic mass is 10.4. The number of aryl methyl sites for hydroxylation is 1. The number of hydrogen-bond acceptors (Lipinski definition) is 6. The SMILES string of the molecule is CCc1nc(NCc2ncon2)cc(=O)[nH]1. The van der Waals surface area contributed by atoms with Crippen molar-refractivity contribution in [2.24, 2.45) is 0 Å². The molecule has 0 bridgehead atoms. The Hall–Kier alpha value is -2.18. The predicted molar refractivity (Wildman–Crippen MR) is 55.9 cm³/mol. The quantitative estimate of drug-likeness (QED) is 0.772. The van der Waals surface area contributed by atoms with E-state index >= 15 is 0 Å². The monoisotopic (exact) mass is 221 g/mol. The second-order valence-electron chi connectivity index (χ2n) is 3.13. The van der Waals surface area contributed by atoms with Crippen LogP contribution in [0.5, 0.6) is 0 Å². The van der Waals surface area contributed by atoms with E-state index in [9.17, 15) is 4.79 Å². The lowest BCUT2D eigenvalue weighted by Gasteiger charge is -2.03. The third-order valence-corrected chi connectivity index (χ3v) is 1.96. The van der Waals surface area contributed by atoms with Gasteiger partial charge in [0, 0.05) is 12.5 Å². The number of nitrogens with one attached hydrogen (secondary N) is 2. The summed E-state index contributed by atoms with van der Waals surface area (Å²) in [7, 11) is 0. The van der Waals surface area contributed by atoms with E-state index in [1.807, 2.05) is 6.92 Å². The van der Waals surface area contributed by atoms with Gasteiger partial charge in [0.2, 0.25) is 6.39 Å². The van der Waals surface area contributed by atoms with Gasteiger partial charge in [-0.25, -0.2) is 4.98 Å². The van der Waals surface area contributed by atoms with Crippen molar-refractivity contribution in [3.8, 4) is 0 Å². The number of rotatable bonds is 4. The van der Waals surface area contributed by atoms with Gasteiger partial charge in [-0.1, -0.05) is 12.1 Å². The van der Waals surface area contributed by atoms with E-state index in [2.05, 4.69) is 29.9 Å². The van der Waals surface area contributed by atoms with Gasteiger partial charge in [0.1, 0.15) is 11.6 Å². The maximum atomic E-state index is 11.2. The van der Waals surface area contributed by atoms with Crippen molar-refractivity contribution in [2.45, 2.75) is 19.9 Å². The number of H-pyrrole nitrogens is 1. The summed E-state index contributed by atoms with van der Waals surface area (Å²) in [6.07, 6.45) is 1.92. The van der Waals surface area contributed by atoms with Crippen LogP contribution in [0.15, 0.2) is 21.8 Å². The summed E-state index contributed by atoms with van der Waals surface area (Å²) in [6.45, 7) is 2.29. The Morgan fingerprint density at radius 2 is 2.44 bits per heavy atom. The second-order valence-corrected chi connectivity index (χ2v) is 3.13. The Bertz CT molecular complexity index is 505. The highest BCUT2D eigenvalue weighted by Gasteiger charge is 2.01. The van der Waals surface area contributed by atoms with Crippen LogP contribution < -0.4 is 10.9 Å². The van der Waals surface area contributed by atoms with E-state index in [1.165, 1.54) is 12.5 Å². The molecule has 0 saturated carbocycles. The number of nitrogens with zero attached hydrogens (tertiary/aromatic N) is 3. The van der Waals surface area contributed by atoms with Gasteiger partial charge in [0.05, 0.1) is 6.54 Å². The molecule has 0 unspecified atom stereocenters. The lowest BCUT2D eigenvalue weighted by molar-refractivity contribution is 0.411. The number of aromatic amines is 1. The summed E-state index contributed by atoms with van der Waals surface area (Å²) in [5, 5.41) is 6.58. The largest absolute Gasteiger partial charge is 0.362 e. The minimum absolute atomic E-state index is 0.178. The van der Waals surface area contributed by atoms with Crippen LogP contribution in [-0.2, 0) is 13.0 Å². The van der Waals surface area contributed by atoms with Crippen LogP contribution in [0.3, 0.4) is 0 Å². The molecule has 0 fully saturated rings. The fourth-order valence-electron chi connectivity index (χ4n) is 1.21. The zero-order chi connectivity index (χ0) is 11.4. The smallest absolute Gasteiger partial charge is 0.252 e. The van der Waals surface area contributed by atoms with Crippen molar-refractivity contribution in [1.29, 1.82) is 0 Å². The molecule has 2 N–H and O–H groups in total. The van der Waals surface area contributed by atoms with Gasteiger partial charge >= 0.3 is 0 Å². The molecular formula is C9H11N5O2. The normalized spacial score (nSPS) is 10.3. The topological polar surface area (TPSA) is 96.7 Å². The standard InChI is InChI=1S/C9H11N5O2/c1-2-6-12-7(3-9(15)13-6)10-4-8-11-5-16-14-8/h3,5H,2,4H2,1H3,(H2,10,12,13,15). The Morgan fingerprint density at radius 1 is 1.56 bits per heavy atom. The predicted octanol–water partition coefficient (Wildman–Crippen LogP) is 0.327. The summed E-state index contributed by atoms with van der Waals surface area (Å²) in [5.41, 5.74) is -0.178. The van der Waals surface area contributed by atoms with Crippen molar-refractivity contribution in [1.82, 2.24) is 20.1 Å². The molecule has 7 nitrogen and oxygen atoms in total. The first kappa shape index (κ1) is 10.3. The molecular weight excluding hydrogens is 210 g/mol. The molecule has 0 atom stereocenters. The average molecular weight is 221 g/mol. The minimum atomic E-state index is -0.178. The van der Waals surface area contributed by atoms with Gasteiger partial charge in [0.15, 0.2) is 5.82 Å². The summed E-state index contributed by atoms with van der Waals surface area (Å²) in [5.74, 6) is 1.66. The van der Waals surface area contributed by atoms with E-state index in [0.29, 0.717) is 30.4 Å². The van der Waals surface area contributed by atoms with Crippen LogP contribution in [0.2, 0.25) is 0 Å². The van der Waals surface area contributed by atoms with Crippen LogP contribution in [0, 0.1) is 0 Å². The number of anilines is 1. The van der Waals surface area contributed by atoms with Crippen LogP contribution in [0.1, 0.15) is 18.6 Å². The van der Waals surface area contributed by atoms with E-state index in [4.69, 9.17) is 0 Å². The van der Waals surface area contributed by atoms with Crippen LogP contribution in [-0.4, -0.2) is 20.1 Å². The highest BCUT2D eigenvalue weighted by Crippen LogP contribution is 2.01. The average Bonchev–Trinajstić information content (AvgIpc) is 2.78. The molecule has 0 radical (unpaired) electrons. The van der Waals surface area contributed by atoms with Gasteiger partial charge in [-0.2, -0.15) is 4.98 Å². The molecule has 0 spiro atoms. The van der Waals surface area contributed by atoms with Crippen molar-refractivity contribution in [2.75, 3.05) is 5.32 Å². The van der Waals surface area contributed by atoms with Crippen molar-refractivity contribution in [3.05, 3.63) is 34.5 Å². The number of hydrogen-bond donors (Lipinski definition) is 2. The highest BCUT2D eigenvalue weighted by atomic mass is 16.5. The summed E-state index contributed by atoms with van der Waals surface area (Å²) >= 11 is 0.